The summed E-state index contributed by atoms with van der Waals surface area (Å²) in [4.78, 5) is 12.0. The van der Waals surface area contributed by atoms with Gasteiger partial charge in [-0.15, -0.1) is 0 Å². The molecule has 2 rings (SSSR count). The van der Waals surface area contributed by atoms with Crippen LogP contribution in [0.5, 0.6) is 0 Å². The number of ether oxygens (including phenoxy) is 1. The molecular weight excluding hydrogens is 304 g/mol. The fraction of sp³-hybridized carbons (Fsp3) is 0.312. The number of rotatable bonds is 3. The minimum absolute atomic E-state index is 0.145. The lowest BCUT2D eigenvalue weighted by Crippen LogP contribution is -2.22. The molecule has 1 aliphatic rings. The summed E-state index contributed by atoms with van der Waals surface area (Å²) >= 11 is 3.35. The number of carbonyl (C=O) groups is 1. The Morgan fingerprint density at radius 2 is 2.11 bits per heavy atom. The van der Waals surface area contributed by atoms with Gasteiger partial charge in [0.25, 0.3) is 0 Å². The molecule has 0 radical (unpaired) electrons. The Labute approximate surface area is 122 Å². The number of hydrogen-bond acceptors (Lipinski definition) is 2. The largest absolute Gasteiger partial charge is 0.455 e. The number of benzene rings is 1. The molecule has 2 nitrogen and oxygen atoms in total. The third kappa shape index (κ3) is 3.80. The average Bonchev–Trinajstić information content (AvgIpc) is 2.38. The number of esters is 1. The van der Waals surface area contributed by atoms with Crippen LogP contribution in [-0.4, -0.2) is 12.1 Å². The van der Waals surface area contributed by atoms with Gasteiger partial charge in [-0.25, -0.2) is 4.79 Å². The van der Waals surface area contributed by atoms with Gasteiger partial charge in [-0.2, -0.15) is 0 Å². The molecule has 19 heavy (non-hydrogen) atoms. The summed E-state index contributed by atoms with van der Waals surface area (Å²) in [6.07, 6.45) is 5.59. The van der Waals surface area contributed by atoms with Crippen LogP contribution in [0.2, 0.25) is 0 Å². The fourth-order valence-electron chi connectivity index (χ4n) is 2.28. The third-order valence-corrected chi connectivity index (χ3v) is 3.75. The Morgan fingerprint density at radius 1 is 1.42 bits per heavy atom. The molecule has 1 aromatic carbocycles. The highest BCUT2D eigenvalue weighted by Crippen LogP contribution is 2.26. The lowest BCUT2D eigenvalue weighted by Gasteiger charge is -2.25. The highest BCUT2D eigenvalue weighted by atomic mass is 79.9. The summed E-state index contributed by atoms with van der Waals surface area (Å²) in [5.74, 6) is 0.243. The molecule has 1 aliphatic carbocycles. The Bertz CT molecular complexity index is 502. The minimum Gasteiger partial charge on any atom is -0.455 e. The van der Waals surface area contributed by atoms with Gasteiger partial charge in [0.1, 0.15) is 6.10 Å². The molecule has 0 unspecified atom stereocenters. The van der Waals surface area contributed by atoms with Crippen molar-refractivity contribution in [1.29, 1.82) is 0 Å². The van der Waals surface area contributed by atoms with Gasteiger partial charge < -0.3 is 4.74 Å². The van der Waals surface area contributed by atoms with Gasteiger partial charge >= 0.3 is 5.97 Å². The predicted octanol–water partition coefficient (Wildman–Crippen LogP) is 4.52. The van der Waals surface area contributed by atoms with E-state index >= 15 is 0 Å². The Balaban J connectivity index is 2.06. The lowest BCUT2D eigenvalue weighted by molar-refractivity contribution is 0.0341. The first-order chi connectivity index (χ1) is 9.08. The molecule has 2 atom stereocenters. The van der Waals surface area contributed by atoms with Crippen LogP contribution in [0.1, 0.15) is 30.1 Å². The van der Waals surface area contributed by atoms with E-state index in [1.807, 2.05) is 24.3 Å². The topological polar surface area (TPSA) is 26.3 Å². The van der Waals surface area contributed by atoms with E-state index in [1.165, 1.54) is 0 Å². The Morgan fingerprint density at radius 3 is 2.74 bits per heavy atom. The highest BCUT2D eigenvalue weighted by molar-refractivity contribution is 9.10. The van der Waals surface area contributed by atoms with E-state index in [0.29, 0.717) is 11.5 Å². The van der Waals surface area contributed by atoms with Crippen LogP contribution in [0.25, 0.3) is 0 Å². The second kappa shape index (κ2) is 6.20. The molecule has 1 aromatic rings. The van der Waals surface area contributed by atoms with Crippen molar-refractivity contribution in [2.75, 3.05) is 0 Å². The summed E-state index contributed by atoms with van der Waals surface area (Å²) in [7, 11) is 0. The van der Waals surface area contributed by atoms with E-state index in [4.69, 9.17) is 4.74 Å². The van der Waals surface area contributed by atoms with Crippen LogP contribution < -0.4 is 0 Å². The van der Waals surface area contributed by atoms with Gasteiger partial charge in [0.15, 0.2) is 0 Å². The molecule has 0 saturated carbocycles. The number of hydrogen-bond donors (Lipinski definition) is 0. The van der Waals surface area contributed by atoms with Crippen molar-refractivity contribution >= 4 is 21.9 Å². The summed E-state index contributed by atoms with van der Waals surface area (Å²) in [5.41, 5.74) is 1.74. The van der Waals surface area contributed by atoms with Crippen LogP contribution >= 0.6 is 15.9 Å². The average molecular weight is 321 g/mol. The molecule has 0 saturated heterocycles. The zero-order valence-corrected chi connectivity index (χ0v) is 12.5. The Hall–Kier alpha value is -1.35. The fourth-order valence-corrected chi connectivity index (χ4v) is 2.55. The second-order valence-electron chi connectivity index (χ2n) is 4.94. The zero-order chi connectivity index (χ0) is 13.8. The van der Waals surface area contributed by atoms with Gasteiger partial charge in [0, 0.05) is 4.47 Å². The summed E-state index contributed by atoms with van der Waals surface area (Å²) in [5, 5.41) is 0. The van der Waals surface area contributed by atoms with Crippen LogP contribution in [0.15, 0.2) is 53.0 Å². The number of halogens is 1. The number of carbonyl (C=O) groups excluding carboxylic acids is 1. The second-order valence-corrected chi connectivity index (χ2v) is 5.86. The van der Waals surface area contributed by atoms with Crippen LogP contribution in [-0.2, 0) is 4.74 Å². The quantitative estimate of drug-likeness (QED) is 0.765. The first kappa shape index (κ1) is 14.1. The first-order valence-electron chi connectivity index (χ1n) is 6.38. The van der Waals surface area contributed by atoms with Gasteiger partial charge in [-0.1, -0.05) is 35.5 Å². The van der Waals surface area contributed by atoms with E-state index in [1.54, 1.807) is 12.1 Å². The number of allylic oxidation sites excluding steroid dienone is 2. The van der Waals surface area contributed by atoms with E-state index in [9.17, 15) is 4.79 Å². The van der Waals surface area contributed by atoms with Gasteiger partial charge in [0.05, 0.1) is 5.56 Å². The summed E-state index contributed by atoms with van der Waals surface area (Å²) in [6.45, 7) is 5.95. The normalized spacial score (nSPS) is 22.5. The van der Waals surface area contributed by atoms with Crippen molar-refractivity contribution < 1.29 is 9.53 Å². The molecular formula is C16H17BrO2. The Kier molecular flexibility index (Phi) is 4.59. The molecule has 0 amide bonds. The monoisotopic (exact) mass is 320 g/mol. The highest BCUT2D eigenvalue weighted by Gasteiger charge is 2.21. The van der Waals surface area contributed by atoms with E-state index < -0.39 is 0 Å². The van der Waals surface area contributed by atoms with Crippen molar-refractivity contribution in [3.05, 3.63) is 58.6 Å². The van der Waals surface area contributed by atoms with E-state index in [-0.39, 0.29) is 12.1 Å². The summed E-state index contributed by atoms with van der Waals surface area (Å²) in [6, 6.07) is 7.20. The molecule has 0 bridgehead atoms. The molecule has 0 spiro atoms. The van der Waals surface area contributed by atoms with Gasteiger partial charge in [-0.05, 0) is 54.7 Å². The predicted molar refractivity (Wildman–Crippen MR) is 80.0 cm³/mol. The van der Waals surface area contributed by atoms with Crippen molar-refractivity contribution in [2.24, 2.45) is 5.92 Å². The minimum atomic E-state index is -0.272. The maximum absolute atomic E-state index is 12.0. The molecule has 100 valence electrons. The third-order valence-electron chi connectivity index (χ3n) is 3.22. The van der Waals surface area contributed by atoms with Crippen molar-refractivity contribution in [1.82, 2.24) is 0 Å². The SMILES string of the molecule is C=CC1=C[C@@H](OC(=O)c2ccc(Br)cc2)C[C@@H](C)C1. The van der Waals surface area contributed by atoms with Crippen LogP contribution in [0.3, 0.4) is 0 Å². The lowest BCUT2D eigenvalue weighted by atomic mass is 9.88. The first-order valence-corrected chi connectivity index (χ1v) is 7.17. The smallest absolute Gasteiger partial charge is 0.338 e. The molecule has 0 aromatic heterocycles. The van der Waals surface area contributed by atoms with Crippen molar-refractivity contribution in [2.45, 2.75) is 25.9 Å². The maximum Gasteiger partial charge on any atom is 0.338 e. The van der Waals surface area contributed by atoms with Crippen LogP contribution in [0, 0.1) is 5.92 Å². The van der Waals surface area contributed by atoms with Crippen molar-refractivity contribution in [3.63, 3.8) is 0 Å². The molecule has 0 heterocycles. The maximum atomic E-state index is 12.0. The van der Waals surface area contributed by atoms with Crippen molar-refractivity contribution in [3.8, 4) is 0 Å². The van der Waals surface area contributed by atoms with Crippen LogP contribution in [0.4, 0.5) is 0 Å². The summed E-state index contributed by atoms with van der Waals surface area (Å²) < 4.78 is 6.49. The van der Waals surface area contributed by atoms with Gasteiger partial charge in [-0.3, -0.25) is 0 Å². The standard InChI is InChI=1S/C16H17BrO2/c1-3-12-8-11(2)9-15(10-12)19-16(18)13-4-6-14(17)7-5-13/h3-7,10-11,15H,1,8-9H2,2H3/t11-,15-/m0/s1. The molecule has 0 N–H and O–H groups in total. The zero-order valence-electron chi connectivity index (χ0n) is 10.9. The van der Waals surface area contributed by atoms with E-state index in [0.717, 1.165) is 22.9 Å². The van der Waals surface area contributed by atoms with Gasteiger partial charge in [0.2, 0.25) is 0 Å². The molecule has 0 aliphatic heterocycles. The molecule has 0 fully saturated rings. The van der Waals surface area contributed by atoms with E-state index in [2.05, 4.69) is 29.4 Å². The molecule has 3 heteroatoms.